The summed E-state index contributed by atoms with van der Waals surface area (Å²) in [7, 11) is 2.93. The Labute approximate surface area is 116 Å². The molecule has 1 heterocycles. The predicted octanol–water partition coefficient (Wildman–Crippen LogP) is 1.39. The molecule has 20 heavy (non-hydrogen) atoms. The minimum atomic E-state index is -0.982. The van der Waals surface area contributed by atoms with Crippen LogP contribution < -0.4 is 9.47 Å². The van der Waals surface area contributed by atoms with Crippen molar-refractivity contribution >= 4 is 11.9 Å². The zero-order valence-electron chi connectivity index (χ0n) is 11.5. The second kappa shape index (κ2) is 5.81. The van der Waals surface area contributed by atoms with E-state index in [4.69, 9.17) is 9.47 Å². The number of carbonyl (C=O) groups excluding carboxylic acids is 1. The minimum Gasteiger partial charge on any atom is -0.496 e. The monoisotopic (exact) mass is 279 g/mol. The normalized spacial score (nSPS) is 17.9. The molecule has 0 unspecified atom stereocenters. The molecule has 108 valence electrons. The van der Waals surface area contributed by atoms with E-state index in [1.165, 1.54) is 19.1 Å². The fraction of sp³-hybridized carbons (Fsp3) is 0.429. The van der Waals surface area contributed by atoms with Crippen molar-refractivity contribution in [2.45, 2.75) is 18.9 Å². The third-order valence-electron chi connectivity index (χ3n) is 3.44. The maximum absolute atomic E-state index is 12.6. The first-order valence-corrected chi connectivity index (χ1v) is 6.35. The molecule has 1 atom stereocenters. The Hall–Kier alpha value is -2.24. The Bertz CT molecular complexity index is 506. The number of carbonyl (C=O) groups is 2. The SMILES string of the molecule is COc1cccc(OC)c1C(=O)N1CCC[C@@H]1C(=O)O. The first-order chi connectivity index (χ1) is 9.60. The average Bonchev–Trinajstić information content (AvgIpc) is 2.95. The van der Waals surface area contributed by atoms with Crippen molar-refractivity contribution in [1.82, 2.24) is 4.90 Å². The van der Waals surface area contributed by atoms with Gasteiger partial charge in [-0.25, -0.2) is 4.79 Å². The number of amides is 1. The van der Waals surface area contributed by atoms with Gasteiger partial charge in [-0.2, -0.15) is 0 Å². The second-order valence-corrected chi connectivity index (χ2v) is 4.53. The molecule has 1 N–H and O–H groups in total. The van der Waals surface area contributed by atoms with Crippen LogP contribution in [0, 0.1) is 0 Å². The molecule has 0 aromatic heterocycles. The topological polar surface area (TPSA) is 76.1 Å². The van der Waals surface area contributed by atoms with Crippen LogP contribution in [-0.2, 0) is 4.79 Å². The highest BCUT2D eigenvalue weighted by atomic mass is 16.5. The number of ether oxygens (including phenoxy) is 2. The molecular formula is C14H17NO5. The van der Waals surface area contributed by atoms with Crippen molar-refractivity contribution in [2.24, 2.45) is 0 Å². The van der Waals surface area contributed by atoms with E-state index < -0.39 is 12.0 Å². The van der Waals surface area contributed by atoms with E-state index in [0.717, 1.165) is 0 Å². The minimum absolute atomic E-state index is 0.269. The Balaban J connectivity index is 2.40. The van der Waals surface area contributed by atoms with Crippen molar-refractivity contribution in [3.8, 4) is 11.5 Å². The fourth-order valence-electron chi connectivity index (χ4n) is 2.47. The third kappa shape index (κ3) is 2.41. The quantitative estimate of drug-likeness (QED) is 0.901. The Morgan fingerprint density at radius 3 is 2.35 bits per heavy atom. The zero-order valence-corrected chi connectivity index (χ0v) is 11.5. The van der Waals surface area contributed by atoms with Gasteiger partial charge in [0.25, 0.3) is 5.91 Å². The lowest BCUT2D eigenvalue weighted by molar-refractivity contribution is -0.141. The number of nitrogens with zero attached hydrogens (tertiary/aromatic N) is 1. The number of hydrogen-bond donors (Lipinski definition) is 1. The van der Waals surface area contributed by atoms with Crippen LogP contribution in [0.4, 0.5) is 0 Å². The van der Waals surface area contributed by atoms with Gasteiger partial charge in [-0.1, -0.05) is 6.07 Å². The van der Waals surface area contributed by atoms with Gasteiger partial charge in [0.2, 0.25) is 0 Å². The number of aliphatic carboxylic acids is 1. The second-order valence-electron chi connectivity index (χ2n) is 4.53. The molecule has 6 heteroatoms. The maximum atomic E-state index is 12.6. The molecule has 1 fully saturated rings. The summed E-state index contributed by atoms with van der Waals surface area (Å²) < 4.78 is 10.4. The number of benzene rings is 1. The molecule has 0 aliphatic carbocycles. The predicted molar refractivity (Wildman–Crippen MR) is 71.2 cm³/mol. The highest BCUT2D eigenvalue weighted by Crippen LogP contribution is 2.31. The summed E-state index contributed by atoms with van der Waals surface area (Å²) in [6.07, 6.45) is 1.15. The molecule has 1 aliphatic rings. The van der Waals surface area contributed by atoms with Gasteiger partial charge in [-0.3, -0.25) is 4.79 Å². The lowest BCUT2D eigenvalue weighted by Gasteiger charge is -2.23. The Morgan fingerprint density at radius 2 is 1.85 bits per heavy atom. The lowest BCUT2D eigenvalue weighted by Crippen LogP contribution is -2.40. The largest absolute Gasteiger partial charge is 0.496 e. The maximum Gasteiger partial charge on any atom is 0.326 e. The first kappa shape index (κ1) is 14.2. The van der Waals surface area contributed by atoms with E-state index in [1.54, 1.807) is 18.2 Å². The smallest absolute Gasteiger partial charge is 0.326 e. The molecule has 1 amide bonds. The van der Waals surface area contributed by atoms with Crippen LogP contribution in [0.15, 0.2) is 18.2 Å². The van der Waals surface area contributed by atoms with Gasteiger partial charge < -0.3 is 19.5 Å². The van der Waals surface area contributed by atoms with Gasteiger partial charge in [0, 0.05) is 6.54 Å². The van der Waals surface area contributed by atoms with Crippen LogP contribution >= 0.6 is 0 Å². The van der Waals surface area contributed by atoms with E-state index in [1.807, 2.05) is 0 Å². The highest BCUT2D eigenvalue weighted by molar-refractivity contribution is 6.01. The van der Waals surface area contributed by atoms with E-state index in [2.05, 4.69) is 0 Å². The summed E-state index contributed by atoms with van der Waals surface area (Å²) in [6.45, 7) is 0.428. The zero-order chi connectivity index (χ0) is 14.7. The van der Waals surface area contributed by atoms with Crippen LogP contribution in [0.1, 0.15) is 23.2 Å². The van der Waals surface area contributed by atoms with E-state index in [0.29, 0.717) is 30.9 Å². The lowest BCUT2D eigenvalue weighted by atomic mass is 10.1. The van der Waals surface area contributed by atoms with Gasteiger partial charge in [-0.15, -0.1) is 0 Å². The van der Waals surface area contributed by atoms with Crippen molar-refractivity contribution < 1.29 is 24.2 Å². The van der Waals surface area contributed by atoms with Crippen molar-refractivity contribution in [2.75, 3.05) is 20.8 Å². The van der Waals surface area contributed by atoms with Gasteiger partial charge in [0.05, 0.1) is 14.2 Å². The van der Waals surface area contributed by atoms with Crippen LogP contribution in [0.25, 0.3) is 0 Å². The number of rotatable bonds is 4. The molecule has 0 radical (unpaired) electrons. The first-order valence-electron chi connectivity index (χ1n) is 6.35. The van der Waals surface area contributed by atoms with Crippen LogP contribution in [0.3, 0.4) is 0 Å². The van der Waals surface area contributed by atoms with Crippen molar-refractivity contribution in [3.63, 3.8) is 0 Å². The van der Waals surface area contributed by atoms with Gasteiger partial charge in [-0.05, 0) is 25.0 Å². The molecule has 1 aromatic carbocycles. The van der Waals surface area contributed by atoms with Crippen LogP contribution in [0.5, 0.6) is 11.5 Å². The summed E-state index contributed by atoms with van der Waals surface area (Å²) in [5.41, 5.74) is 0.269. The molecule has 1 aromatic rings. The number of carboxylic acid groups (broad SMARTS) is 1. The van der Waals surface area contributed by atoms with Crippen molar-refractivity contribution in [3.05, 3.63) is 23.8 Å². The summed E-state index contributed by atoms with van der Waals surface area (Å²) in [5.74, 6) is -0.593. The Morgan fingerprint density at radius 1 is 1.25 bits per heavy atom. The Kier molecular flexibility index (Phi) is 4.12. The third-order valence-corrected chi connectivity index (χ3v) is 3.44. The van der Waals surface area contributed by atoms with E-state index >= 15 is 0 Å². The summed E-state index contributed by atoms with van der Waals surface area (Å²) in [5, 5.41) is 9.18. The van der Waals surface area contributed by atoms with Gasteiger partial charge >= 0.3 is 5.97 Å². The molecule has 2 rings (SSSR count). The summed E-state index contributed by atoms with van der Waals surface area (Å²) >= 11 is 0. The standard InChI is InChI=1S/C14H17NO5/c1-19-10-6-3-7-11(20-2)12(10)13(16)15-8-4-5-9(15)14(17)18/h3,6-7,9H,4-5,8H2,1-2H3,(H,17,18)/t9-/m1/s1. The molecule has 1 saturated heterocycles. The van der Waals surface area contributed by atoms with Gasteiger partial charge in [0.1, 0.15) is 23.1 Å². The fourth-order valence-corrected chi connectivity index (χ4v) is 2.47. The van der Waals surface area contributed by atoms with Crippen molar-refractivity contribution in [1.29, 1.82) is 0 Å². The summed E-state index contributed by atoms with van der Waals surface area (Å²) in [4.78, 5) is 25.2. The molecule has 0 spiro atoms. The van der Waals surface area contributed by atoms with Crippen LogP contribution in [-0.4, -0.2) is 48.7 Å². The number of likely N-dealkylation sites (tertiary alicyclic amines) is 1. The number of methoxy groups -OCH3 is 2. The molecule has 6 nitrogen and oxygen atoms in total. The molecule has 1 aliphatic heterocycles. The van der Waals surface area contributed by atoms with Gasteiger partial charge in [0.15, 0.2) is 0 Å². The average molecular weight is 279 g/mol. The van der Waals surface area contributed by atoms with E-state index in [-0.39, 0.29) is 11.5 Å². The number of hydrogen-bond acceptors (Lipinski definition) is 4. The molecule has 0 saturated carbocycles. The highest BCUT2D eigenvalue weighted by Gasteiger charge is 2.36. The number of carboxylic acids is 1. The molecular weight excluding hydrogens is 262 g/mol. The van der Waals surface area contributed by atoms with E-state index in [9.17, 15) is 14.7 Å². The molecule has 0 bridgehead atoms. The summed E-state index contributed by atoms with van der Waals surface area (Å²) in [6, 6.07) is 4.24. The van der Waals surface area contributed by atoms with Crippen LogP contribution in [0.2, 0.25) is 0 Å².